The fourth-order valence-corrected chi connectivity index (χ4v) is 0.613. The number of ether oxygens (including phenoxy) is 1. The highest BCUT2D eigenvalue weighted by Gasteiger charge is 2.00. The molecule has 0 aromatic heterocycles. The Morgan fingerprint density at radius 2 is 2.00 bits per heavy atom. The number of hydrogen-bond donors (Lipinski definition) is 0. The lowest BCUT2D eigenvalue weighted by atomic mass is 10.3. The first-order chi connectivity index (χ1) is 3.66. The quantitative estimate of drug-likeness (QED) is 0.574. The molecule has 0 spiro atoms. The van der Waals surface area contributed by atoms with Crippen LogP contribution in [0.5, 0.6) is 0 Å². The second-order valence-electron chi connectivity index (χ2n) is 1.92. The standard InChI is InChI=1S/C6H13OS/c1-4-5(2)7-6(3)8/h5-6H,4H2,1-3H3. The fourth-order valence-electron chi connectivity index (χ4n) is 0.423. The Bertz CT molecular complexity index is 54.5. The van der Waals surface area contributed by atoms with E-state index in [1.54, 1.807) is 0 Å². The second-order valence-corrected chi connectivity index (χ2v) is 2.59. The van der Waals surface area contributed by atoms with Crippen molar-refractivity contribution >= 4 is 12.6 Å². The molecule has 0 amide bonds. The van der Waals surface area contributed by atoms with Crippen molar-refractivity contribution in [3.63, 3.8) is 0 Å². The van der Waals surface area contributed by atoms with Gasteiger partial charge in [0.25, 0.3) is 0 Å². The maximum atomic E-state index is 5.21. The van der Waals surface area contributed by atoms with Gasteiger partial charge >= 0.3 is 0 Å². The van der Waals surface area contributed by atoms with Gasteiger partial charge in [-0.3, -0.25) is 0 Å². The molecule has 0 heterocycles. The highest BCUT2D eigenvalue weighted by Crippen LogP contribution is 2.03. The van der Waals surface area contributed by atoms with Gasteiger partial charge in [0.2, 0.25) is 0 Å². The molecule has 0 fully saturated rings. The maximum absolute atomic E-state index is 5.21. The van der Waals surface area contributed by atoms with Crippen molar-refractivity contribution in [3.05, 3.63) is 0 Å². The Morgan fingerprint density at radius 3 is 2.12 bits per heavy atom. The highest BCUT2D eigenvalue weighted by atomic mass is 32.1. The summed E-state index contributed by atoms with van der Waals surface area (Å²) in [5.74, 6) is 0. The van der Waals surface area contributed by atoms with Gasteiger partial charge in [0.05, 0.1) is 6.10 Å². The fraction of sp³-hybridized carbons (Fsp3) is 1.00. The average molecular weight is 133 g/mol. The monoisotopic (exact) mass is 133 g/mol. The van der Waals surface area contributed by atoms with Crippen LogP contribution >= 0.6 is 12.6 Å². The van der Waals surface area contributed by atoms with E-state index in [2.05, 4.69) is 6.92 Å². The average Bonchev–Trinajstić information content (AvgIpc) is 1.65. The molecule has 0 aromatic rings. The summed E-state index contributed by atoms with van der Waals surface area (Å²) in [6, 6.07) is 0. The predicted molar refractivity (Wildman–Crippen MR) is 37.9 cm³/mol. The van der Waals surface area contributed by atoms with E-state index < -0.39 is 0 Å². The first-order valence-corrected chi connectivity index (χ1v) is 3.45. The molecular formula is C6H13OS. The molecule has 0 aliphatic carbocycles. The maximum Gasteiger partial charge on any atom is 0.110 e. The van der Waals surface area contributed by atoms with E-state index in [1.807, 2.05) is 13.8 Å². The highest BCUT2D eigenvalue weighted by molar-refractivity contribution is 7.80. The molecule has 0 saturated heterocycles. The molecule has 0 rings (SSSR count). The second kappa shape index (κ2) is 4.21. The van der Waals surface area contributed by atoms with Gasteiger partial charge in [-0.15, -0.1) is 0 Å². The summed E-state index contributed by atoms with van der Waals surface area (Å²) in [6.45, 7) is 5.99. The summed E-state index contributed by atoms with van der Waals surface area (Å²) >= 11 is 4.80. The van der Waals surface area contributed by atoms with Crippen molar-refractivity contribution in [3.8, 4) is 0 Å². The Hall–Kier alpha value is 0.310. The van der Waals surface area contributed by atoms with Gasteiger partial charge in [0.1, 0.15) is 5.44 Å². The van der Waals surface area contributed by atoms with Crippen LogP contribution < -0.4 is 0 Å². The van der Waals surface area contributed by atoms with E-state index in [1.165, 1.54) is 0 Å². The van der Waals surface area contributed by atoms with Crippen LogP contribution in [0.25, 0.3) is 0 Å². The smallest absolute Gasteiger partial charge is 0.110 e. The van der Waals surface area contributed by atoms with Crippen LogP contribution in [-0.2, 0) is 4.74 Å². The van der Waals surface area contributed by atoms with E-state index in [-0.39, 0.29) is 5.44 Å². The van der Waals surface area contributed by atoms with E-state index in [9.17, 15) is 0 Å². The third-order valence-corrected chi connectivity index (χ3v) is 1.11. The van der Waals surface area contributed by atoms with Crippen LogP contribution in [0.4, 0.5) is 0 Å². The van der Waals surface area contributed by atoms with Gasteiger partial charge in [-0.1, -0.05) is 19.6 Å². The largest absolute Gasteiger partial charge is 0.364 e. The van der Waals surface area contributed by atoms with Crippen molar-refractivity contribution < 1.29 is 4.74 Å². The Morgan fingerprint density at radius 1 is 1.50 bits per heavy atom. The molecule has 0 aliphatic heterocycles. The Labute approximate surface area is 56.8 Å². The first-order valence-electron chi connectivity index (χ1n) is 2.98. The molecule has 0 saturated carbocycles. The third kappa shape index (κ3) is 4.47. The first kappa shape index (κ1) is 8.31. The molecule has 2 atom stereocenters. The van der Waals surface area contributed by atoms with Gasteiger partial charge < -0.3 is 4.74 Å². The van der Waals surface area contributed by atoms with Crippen LogP contribution in [0.15, 0.2) is 0 Å². The van der Waals surface area contributed by atoms with E-state index >= 15 is 0 Å². The Balaban J connectivity index is 3.10. The van der Waals surface area contributed by atoms with Crippen LogP contribution in [0.3, 0.4) is 0 Å². The molecule has 1 radical (unpaired) electrons. The molecule has 0 bridgehead atoms. The van der Waals surface area contributed by atoms with Crippen molar-refractivity contribution in [1.82, 2.24) is 0 Å². The van der Waals surface area contributed by atoms with Gasteiger partial charge in [0.15, 0.2) is 0 Å². The molecule has 2 heteroatoms. The minimum Gasteiger partial charge on any atom is -0.364 e. The molecule has 1 nitrogen and oxygen atoms in total. The molecule has 8 heavy (non-hydrogen) atoms. The topological polar surface area (TPSA) is 9.23 Å². The zero-order valence-corrected chi connectivity index (χ0v) is 6.49. The summed E-state index contributed by atoms with van der Waals surface area (Å²) in [4.78, 5) is 0. The summed E-state index contributed by atoms with van der Waals surface area (Å²) in [6.07, 6.45) is 1.36. The zero-order chi connectivity index (χ0) is 6.57. The van der Waals surface area contributed by atoms with Crippen LogP contribution in [0.2, 0.25) is 0 Å². The summed E-state index contributed by atoms with van der Waals surface area (Å²) in [5, 5.41) is 0. The van der Waals surface area contributed by atoms with E-state index in [4.69, 9.17) is 17.4 Å². The SMILES string of the molecule is CCC(C)OC(C)[S]. The van der Waals surface area contributed by atoms with Gasteiger partial charge in [-0.2, -0.15) is 0 Å². The van der Waals surface area contributed by atoms with Gasteiger partial charge in [0, 0.05) is 0 Å². The summed E-state index contributed by atoms with van der Waals surface area (Å²) in [7, 11) is 0. The lowest BCUT2D eigenvalue weighted by Gasteiger charge is -2.11. The Kier molecular flexibility index (Phi) is 4.38. The normalized spacial score (nSPS) is 18.0. The van der Waals surface area contributed by atoms with Crippen LogP contribution in [-0.4, -0.2) is 11.5 Å². The molecule has 0 N–H and O–H groups in total. The van der Waals surface area contributed by atoms with E-state index in [0.717, 1.165) is 6.42 Å². The minimum absolute atomic E-state index is 0.0371. The minimum atomic E-state index is -0.0371. The summed E-state index contributed by atoms with van der Waals surface area (Å²) < 4.78 is 5.21. The lowest BCUT2D eigenvalue weighted by molar-refractivity contribution is 0.0553. The molecular weight excluding hydrogens is 120 g/mol. The molecule has 0 aromatic carbocycles. The van der Waals surface area contributed by atoms with Gasteiger partial charge in [-0.05, 0) is 20.3 Å². The van der Waals surface area contributed by atoms with Crippen molar-refractivity contribution in [2.75, 3.05) is 0 Å². The lowest BCUT2D eigenvalue weighted by Crippen LogP contribution is -2.10. The van der Waals surface area contributed by atoms with Crippen molar-refractivity contribution in [2.45, 2.75) is 38.7 Å². The zero-order valence-electron chi connectivity index (χ0n) is 5.68. The van der Waals surface area contributed by atoms with E-state index in [0.29, 0.717) is 6.10 Å². The summed E-state index contributed by atoms with van der Waals surface area (Å²) in [5.41, 5.74) is -0.0371. The van der Waals surface area contributed by atoms with Crippen LogP contribution in [0, 0.1) is 0 Å². The van der Waals surface area contributed by atoms with Crippen molar-refractivity contribution in [1.29, 1.82) is 0 Å². The van der Waals surface area contributed by atoms with Gasteiger partial charge in [-0.25, -0.2) is 0 Å². The number of rotatable bonds is 3. The molecule has 0 aliphatic rings. The third-order valence-electron chi connectivity index (χ3n) is 0.999. The van der Waals surface area contributed by atoms with Crippen molar-refractivity contribution in [2.24, 2.45) is 0 Å². The van der Waals surface area contributed by atoms with Crippen LogP contribution in [0.1, 0.15) is 27.2 Å². The molecule has 49 valence electrons. The number of hydrogen-bond acceptors (Lipinski definition) is 1. The predicted octanol–water partition coefficient (Wildman–Crippen LogP) is 2.35. The molecule has 2 unspecified atom stereocenters.